The topological polar surface area (TPSA) is 133 Å². The molecule has 0 saturated heterocycles. The summed E-state index contributed by atoms with van der Waals surface area (Å²) in [6.45, 7) is 0. The third-order valence-corrected chi connectivity index (χ3v) is 2.02. The zero-order valence-electron chi connectivity index (χ0n) is 9.08. The average molecular weight is 253 g/mol. The third kappa shape index (κ3) is 3.74. The molecule has 0 unspecified atom stereocenters. The van der Waals surface area contributed by atoms with Crippen molar-refractivity contribution in [1.82, 2.24) is 0 Å². The maximum atomic E-state index is 11.3. The summed E-state index contributed by atoms with van der Waals surface area (Å²) in [4.78, 5) is 31.2. The van der Waals surface area contributed by atoms with E-state index < -0.39 is 23.2 Å². The summed E-state index contributed by atoms with van der Waals surface area (Å²) in [5, 5.41) is 32.2. The highest BCUT2D eigenvalue weighted by Crippen LogP contribution is 2.27. The Morgan fingerprint density at radius 3 is 2.56 bits per heavy atom. The summed E-state index contributed by atoms with van der Waals surface area (Å²) in [5.74, 6) is -2.41. The molecule has 96 valence electrons. The number of carboxylic acid groups (broad SMARTS) is 1. The second-order valence-electron chi connectivity index (χ2n) is 3.38. The van der Waals surface area contributed by atoms with E-state index in [0.717, 1.165) is 18.2 Å². The van der Waals surface area contributed by atoms with Crippen LogP contribution >= 0.6 is 0 Å². The van der Waals surface area contributed by atoms with Gasteiger partial charge in [0.2, 0.25) is 5.91 Å². The maximum Gasteiger partial charge on any atom is 0.271 e. The predicted octanol–water partition coefficient (Wildman–Crippen LogP) is -0.231. The molecule has 0 bridgehead atoms. The molecule has 0 aliphatic heterocycles. The Labute approximate surface area is 101 Å². The largest absolute Gasteiger partial charge is 0.550 e. The van der Waals surface area contributed by atoms with Crippen molar-refractivity contribution in [2.24, 2.45) is 0 Å². The zero-order chi connectivity index (χ0) is 13.7. The van der Waals surface area contributed by atoms with E-state index >= 15 is 0 Å². The molecule has 0 atom stereocenters. The van der Waals surface area contributed by atoms with Gasteiger partial charge in [0, 0.05) is 24.5 Å². The third-order valence-electron chi connectivity index (χ3n) is 2.02. The van der Waals surface area contributed by atoms with E-state index in [2.05, 4.69) is 5.32 Å². The number of hydrogen-bond donors (Lipinski definition) is 2. The molecule has 0 radical (unpaired) electrons. The van der Waals surface area contributed by atoms with Gasteiger partial charge in [-0.1, -0.05) is 0 Å². The van der Waals surface area contributed by atoms with Crippen molar-refractivity contribution in [3.8, 4) is 5.75 Å². The first-order valence-corrected chi connectivity index (χ1v) is 4.87. The van der Waals surface area contributed by atoms with Gasteiger partial charge in [-0.05, 0) is 12.5 Å². The minimum Gasteiger partial charge on any atom is -0.550 e. The standard InChI is InChI=1S/C10H10N2O6/c13-8-2-1-6(12(17)18)5-7(8)11-9(14)3-4-10(15)16/h1-2,5,13H,3-4H2,(H,11,14)(H,15,16)/p-1. The van der Waals surface area contributed by atoms with Crippen molar-refractivity contribution in [3.63, 3.8) is 0 Å². The van der Waals surface area contributed by atoms with Crippen LogP contribution in [-0.4, -0.2) is 21.9 Å². The number of nitrogens with zero attached hydrogens (tertiary/aromatic N) is 1. The number of carboxylic acids is 1. The molecule has 1 aromatic rings. The zero-order valence-corrected chi connectivity index (χ0v) is 9.08. The number of benzene rings is 1. The lowest BCUT2D eigenvalue weighted by Crippen LogP contribution is -2.24. The summed E-state index contributed by atoms with van der Waals surface area (Å²) in [6, 6.07) is 3.12. The molecule has 0 saturated carbocycles. The van der Waals surface area contributed by atoms with Gasteiger partial charge in [-0.3, -0.25) is 14.9 Å². The molecule has 0 fully saturated rings. The summed E-state index contributed by atoms with van der Waals surface area (Å²) in [7, 11) is 0. The van der Waals surface area contributed by atoms with Gasteiger partial charge in [0.05, 0.1) is 10.6 Å². The fourth-order valence-electron chi connectivity index (χ4n) is 1.17. The summed E-state index contributed by atoms with van der Waals surface area (Å²) < 4.78 is 0. The number of nitrogens with one attached hydrogen (secondary N) is 1. The van der Waals surface area contributed by atoms with E-state index in [1.54, 1.807) is 0 Å². The van der Waals surface area contributed by atoms with Crippen LogP contribution in [0.1, 0.15) is 12.8 Å². The van der Waals surface area contributed by atoms with E-state index in [-0.39, 0.29) is 23.5 Å². The highest BCUT2D eigenvalue weighted by Gasteiger charge is 2.12. The molecule has 0 aromatic heterocycles. The van der Waals surface area contributed by atoms with Crippen molar-refractivity contribution < 1.29 is 24.7 Å². The number of aromatic hydroxyl groups is 1. The first-order chi connectivity index (χ1) is 8.40. The first kappa shape index (κ1) is 13.4. The van der Waals surface area contributed by atoms with Crippen LogP contribution in [0, 0.1) is 10.1 Å². The van der Waals surface area contributed by atoms with Crippen molar-refractivity contribution in [2.75, 3.05) is 5.32 Å². The molecule has 18 heavy (non-hydrogen) atoms. The number of phenolic OH excluding ortho intramolecular Hbond substituents is 1. The van der Waals surface area contributed by atoms with Gasteiger partial charge in [-0.2, -0.15) is 0 Å². The van der Waals surface area contributed by atoms with Gasteiger partial charge in [0.1, 0.15) is 5.75 Å². The lowest BCUT2D eigenvalue weighted by molar-refractivity contribution is -0.384. The molecule has 8 heteroatoms. The van der Waals surface area contributed by atoms with Crippen LogP contribution in [0.5, 0.6) is 5.75 Å². The second-order valence-corrected chi connectivity index (χ2v) is 3.38. The maximum absolute atomic E-state index is 11.3. The Morgan fingerprint density at radius 1 is 1.33 bits per heavy atom. The number of hydrogen-bond acceptors (Lipinski definition) is 6. The number of phenols is 1. The van der Waals surface area contributed by atoms with Gasteiger partial charge in [-0.25, -0.2) is 0 Å². The Hall–Kier alpha value is -2.64. The van der Waals surface area contributed by atoms with Gasteiger partial charge < -0.3 is 20.3 Å². The van der Waals surface area contributed by atoms with Crippen molar-refractivity contribution in [1.29, 1.82) is 0 Å². The van der Waals surface area contributed by atoms with E-state index in [1.807, 2.05) is 0 Å². The lowest BCUT2D eigenvalue weighted by Gasteiger charge is -2.07. The summed E-state index contributed by atoms with van der Waals surface area (Å²) in [6.07, 6.45) is -0.814. The van der Waals surface area contributed by atoms with E-state index in [9.17, 15) is 29.9 Å². The molecular weight excluding hydrogens is 244 g/mol. The van der Waals surface area contributed by atoms with Gasteiger partial charge >= 0.3 is 0 Å². The van der Waals surface area contributed by atoms with Crippen LogP contribution in [0.3, 0.4) is 0 Å². The number of non-ortho nitro benzene ring substituents is 1. The van der Waals surface area contributed by atoms with Crippen LogP contribution in [0.2, 0.25) is 0 Å². The van der Waals surface area contributed by atoms with E-state index in [4.69, 9.17) is 0 Å². The lowest BCUT2D eigenvalue weighted by atomic mass is 10.2. The first-order valence-electron chi connectivity index (χ1n) is 4.87. The van der Waals surface area contributed by atoms with Crippen LogP contribution in [0.4, 0.5) is 11.4 Å². The normalized spacial score (nSPS) is 9.78. The highest BCUT2D eigenvalue weighted by molar-refractivity contribution is 5.93. The van der Waals surface area contributed by atoms with Crippen LogP contribution in [0.25, 0.3) is 0 Å². The van der Waals surface area contributed by atoms with Crippen molar-refractivity contribution in [2.45, 2.75) is 12.8 Å². The van der Waals surface area contributed by atoms with Crippen molar-refractivity contribution in [3.05, 3.63) is 28.3 Å². The SMILES string of the molecule is O=C([O-])CCC(=O)Nc1cc([N+](=O)[O-])ccc1O. The monoisotopic (exact) mass is 253 g/mol. The van der Waals surface area contributed by atoms with Crippen LogP contribution in [0.15, 0.2) is 18.2 Å². The molecule has 8 nitrogen and oxygen atoms in total. The minimum absolute atomic E-state index is 0.146. The molecule has 0 spiro atoms. The Morgan fingerprint density at radius 2 is 2.00 bits per heavy atom. The second kappa shape index (κ2) is 5.62. The number of amides is 1. The number of rotatable bonds is 5. The van der Waals surface area contributed by atoms with E-state index in [0.29, 0.717) is 0 Å². The minimum atomic E-state index is -1.38. The summed E-state index contributed by atoms with van der Waals surface area (Å²) >= 11 is 0. The molecular formula is C10H9N2O6-. The predicted molar refractivity (Wildman–Crippen MR) is 57.6 cm³/mol. The average Bonchev–Trinajstić information content (AvgIpc) is 2.29. The molecule has 1 aromatic carbocycles. The van der Waals surface area contributed by atoms with Gasteiger partial charge in [-0.15, -0.1) is 0 Å². The molecule has 1 rings (SSSR count). The molecule has 2 N–H and O–H groups in total. The number of nitro groups is 1. The highest BCUT2D eigenvalue weighted by atomic mass is 16.6. The smallest absolute Gasteiger partial charge is 0.271 e. The Bertz CT molecular complexity index is 499. The number of carbonyl (C=O) groups excluding carboxylic acids is 2. The number of anilines is 1. The van der Waals surface area contributed by atoms with Crippen LogP contribution < -0.4 is 10.4 Å². The molecule has 1 amide bonds. The van der Waals surface area contributed by atoms with Crippen molar-refractivity contribution >= 4 is 23.3 Å². The number of aliphatic carboxylic acids is 1. The number of carbonyl (C=O) groups is 2. The van der Waals surface area contributed by atoms with Crippen LogP contribution in [-0.2, 0) is 9.59 Å². The Balaban J connectivity index is 2.77. The van der Waals surface area contributed by atoms with Gasteiger partial charge in [0.25, 0.3) is 5.69 Å². The molecule has 0 aliphatic rings. The fourth-order valence-corrected chi connectivity index (χ4v) is 1.17. The Kier molecular flexibility index (Phi) is 4.19. The number of nitro benzene ring substituents is 1. The summed E-state index contributed by atoms with van der Waals surface area (Å²) in [5.41, 5.74) is -0.449. The van der Waals surface area contributed by atoms with Gasteiger partial charge in [0.15, 0.2) is 0 Å². The van der Waals surface area contributed by atoms with E-state index in [1.165, 1.54) is 0 Å². The fraction of sp³-hybridized carbons (Fsp3) is 0.200. The molecule has 0 aliphatic carbocycles. The molecule has 0 heterocycles. The quantitative estimate of drug-likeness (QED) is 0.423.